The van der Waals surface area contributed by atoms with Crippen LogP contribution in [0, 0.1) is 35.5 Å². The van der Waals surface area contributed by atoms with Crippen molar-refractivity contribution in [3.05, 3.63) is 12.3 Å². The zero-order chi connectivity index (χ0) is 12.6. The van der Waals surface area contributed by atoms with Crippen LogP contribution in [0.4, 0.5) is 0 Å². The van der Waals surface area contributed by atoms with E-state index in [1.54, 1.807) is 0 Å². The van der Waals surface area contributed by atoms with Crippen molar-refractivity contribution >= 4 is 0 Å². The number of fused-ring (bicyclic) bond motifs is 3. The summed E-state index contributed by atoms with van der Waals surface area (Å²) in [6.07, 6.45) is 9.09. The summed E-state index contributed by atoms with van der Waals surface area (Å²) in [5, 5.41) is 0. The molecular formula is C17H24O2. The maximum absolute atomic E-state index is 6.39. The average Bonchev–Trinajstić information content (AvgIpc) is 3.15. The Morgan fingerprint density at radius 2 is 1.95 bits per heavy atom. The van der Waals surface area contributed by atoms with Gasteiger partial charge >= 0.3 is 0 Å². The lowest BCUT2D eigenvalue weighted by molar-refractivity contribution is -0.0384. The normalized spacial score (nSPS) is 57.1. The number of rotatable bonds is 3. The second-order valence-corrected chi connectivity index (χ2v) is 7.78. The van der Waals surface area contributed by atoms with Crippen LogP contribution in [0.25, 0.3) is 0 Å². The zero-order valence-electron chi connectivity index (χ0n) is 11.6. The summed E-state index contributed by atoms with van der Waals surface area (Å²) in [6.45, 7) is 5.30. The van der Waals surface area contributed by atoms with Gasteiger partial charge in [0.2, 0.25) is 0 Å². The summed E-state index contributed by atoms with van der Waals surface area (Å²) in [4.78, 5) is 0. The van der Waals surface area contributed by atoms with Crippen LogP contribution < -0.4 is 0 Å². The summed E-state index contributed by atoms with van der Waals surface area (Å²) in [7, 11) is 0. The van der Waals surface area contributed by atoms with Gasteiger partial charge in [0, 0.05) is 5.92 Å². The molecule has 8 unspecified atom stereocenters. The fraction of sp³-hybridized carbons (Fsp3) is 0.882. The molecule has 0 aromatic heterocycles. The van der Waals surface area contributed by atoms with Crippen molar-refractivity contribution < 1.29 is 9.47 Å². The maximum Gasteiger partial charge on any atom is 0.127 e. The predicted octanol–water partition coefficient (Wildman–Crippen LogP) is 3.38. The van der Waals surface area contributed by atoms with Gasteiger partial charge in [-0.2, -0.15) is 0 Å². The van der Waals surface area contributed by atoms with Crippen LogP contribution in [0.1, 0.15) is 38.5 Å². The largest absolute Gasteiger partial charge is 0.492 e. The highest BCUT2D eigenvalue weighted by Crippen LogP contribution is 2.56. The first kappa shape index (κ1) is 11.2. The monoisotopic (exact) mass is 260 g/mol. The number of allylic oxidation sites excluding steroid dienone is 1. The van der Waals surface area contributed by atoms with E-state index in [1.807, 2.05) is 0 Å². The average molecular weight is 260 g/mol. The molecule has 4 bridgehead atoms. The van der Waals surface area contributed by atoms with Gasteiger partial charge in [0.05, 0.1) is 18.5 Å². The van der Waals surface area contributed by atoms with Gasteiger partial charge in [-0.15, -0.1) is 0 Å². The standard InChI is InChI=1S/C17H24O2/c1-9(14-5-10-2-3-11(14)4-10)19-16-12-6-13-8-18-17(16)15(13)7-12/h10-17H,1-8H2. The zero-order valence-corrected chi connectivity index (χ0v) is 11.6. The second-order valence-electron chi connectivity index (χ2n) is 7.78. The molecule has 2 heteroatoms. The molecule has 104 valence electrons. The van der Waals surface area contributed by atoms with Gasteiger partial charge < -0.3 is 9.47 Å². The van der Waals surface area contributed by atoms with Gasteiger partial charge in [-0.05, 0) is 61.7 Å². The number of hydrogen-bond donors (Lipinski definition) is 0. The summed E-state index contributed by atoms with van der Waals surface area (Å²) in [6, 6.07) is 0. The van der Waals surface area contributed by atoms with E-state index in [1.165, 1.54) is 38.5 Å². The predicted molar refractivity (Wildman–Crippen MR) is 72.4 cm³/mol. The fourth-order valence-electron chi connectivity index (χ4n) is 6.09. The SMILES string of the molecule is C=C(OC1C2CC3COC1C3C2)C1CC2CCC1C2. The summed E-state index contributed by atoms with van der Waals surface area (Å²) >= 11 is 0. The molecule has 0 N–H and O–H groups in total. The van der Waals surface area contributed by atoms with Crippen molar-refractivity contribution in [2.24, 2.45) is 35.5 Å². The Morgan fingerprint density at radius 1 is 1.00 bits per heavy atom. The van der Waals surface area contributed by atoms with E-state index in [0.717, 1.165) is 42.0 Å². The molecule has 0 amide bonds. The minimum absolute atomic E-state index is 0.343. The molecule has 5 rings (SSSR count). The van der Waals surface area contributed by atoms with E-state index >= 15 is 0 Å². The second kappa shape index (κ2) is 3.78. The van der Waals surface area contributed by atoms with Crippen LogP contribution in [0.2, 0.25) is 0 Å². The minimum atomic E-state index is 0.343. The number of ether oxygens (including phenoxy) is 2. The lowest BCUT2D eigenvalue weighted by Crippen LogP contribution is -2.35. The van der Waals surface area contributed by atoms with Gasteiger partial charge in [0.25, 0.3) is 0 Å². The van der Waals surface area contributed by atoms with Crippen molar-refractivity contribution in [3.8, 4) is 0 Å². The van der Waals surface area contributed by atoms with E-state index in [0.29, 0.717) is 18.1 Å². The smallest absolute Gasteiger partial charge is 0.127 e. The van der Waals surface area contributed by atoms with E-state index in [2.05, 4.69) is 6.58 Å². The molecule has 1 saturated heterocycles. The first-order valence-corrected chi connectivity index (χ1v) is 8.26. The first-order chi connectivity index (χ1) is 9.29. The Labute approximate surface area is 115 Å². The van der Waals surface area contributed by atoms with Crippen molar-refractivity contribution in [2.45, 2.75) is 50.7 Å². The molecule has 0 spiro atoms. The minimum Gasteiger partial charge on any atom is -0.492 e. The fourth-order valence-corrected chi connectivity index (χ4v) is 6.09. The molecule has 8 atom stereocenters. The molecule has 5 fully saturated rings. The summed E-state index contributed by atoms with van der Waals surface area (Å²) in [5.41, 5.74) is 0. The van der Waals surface area contributed by atoms with Crippen LogP contribution in [-0.2, 0) is 9.47 Å². The Morgan fingerprint density at radius 3 is 2.74 bits per heavy atom. The van der Waals surface area contributed by atoms with Crippen LogP contribution in [0.15, 0.2) is 12.3 Å². The van der Waals surface area contributed by atoms with E-state index in [4.69, 9.17) is 9.47 Å². The highest BCUT2D eigenvalue weighted by molar-refractivity contribution is 5.10. The quantitative estimate of drug-likeness (QED) is 0.724. The Hall–Kier alpha value is -0.500. The summed E-state index contributed by atoms with van der Waals surface area (Å²) < 4.78 is 12.4. The highest BCUT2D eigenvalue weighted by atomic mass is 16.5. The number of hydrogen-bond acceptors (Lipinski definition) is 2. The van der Waals surface area contributed by atoms with Crippen LogP contribution in [0.3, 0.4) is 0 Å². The van der Waals surface area contributed by atoms with Crippen molar-refractivity contribution in [2.75, 3.05) is 6.61 Å². The molecule has 5 aliphatic rings. The van der Waals surface area contributed by atoms with Gasteiger partial charge in [-0.25, -0.2) is 0 Å². The lowest BCUT2D eigenvalue weighted by atomic mass is 9.86. The third-order valence-corrected chi connectivity index (χ3v) is 6.94. The van der Waals surface area contributed by atoms with Gasteiger partial charge in [-0.3, -0.25) is 0 Å². The molecule has 19 heavy (non-hydrogen) atoms. The molecule has 1 heterocycles. The molecular weight excluding hydrogens is 236 g/mol. The lowest BCUT2D eigenvalue weighted by Gasteiger charge is -2.32. The third-order valence-electron chi connectivity index (χ3n) is 6.94. The van der Waals surface area contributed by atoms with Crippen LogP contribution in [-0.4, -0.2) is 18.8 Å². The van der Waals surface area contributed by atoms with Gasteiger partial charge in [0.15, 0.2) is 0 Å². The summed E-state index contributed by atoms with van der Waals surface area (Å²) in [5.74, 6) is 6.05. The first-order valence-electron chi connectivity index (χ1n) is 8.26. The molecule has 4 aliphatic carbocycles. The van der Waals surface area contributed by atoms with Gasteiger partial charge in [-0.1, -0.05) is 13.0 Å². The Bertz CT molecular complexity index is 415. The Balaban J connectivity index is 1.30. The van der Waals surface area contributed by atoms with E-state index < -0.39 is 0 Å². The molecule has 1 aliphatic heterocycles. The topological polar surface area (TPSA) is 18.5 Å². The van der Waals surface area contributed by atoms with Crippen LogP contribution >= 0.6 is 0 Å². The Kier molecular flexibility index (Phi) is 2.23. The highest BCUT2D eigenvalue weighted by Gasteiger charge is 2.58. The molecule has 0 radical (unpaired) electrons. The van der Waals surface area contributed by atoms with E-state index in [-0.39, 0.29) is 0 Å². The molecule has 0 aromatic carbocycles. The maximum atomic E-state index is 6.39. The van der Waals surface area contributed by atoms with E-state index in [9.17, 15) is 0 Å². The van der Waals surface area contributed by atoms with Crippen molar-refractivity contribution in [1.29, 1.82) is 0 Å². The van der Waals surface area contributed by atoms with Gasteiger partial charge in [0.1, 0.15) is 6.10 Å². The molecule has 2 nitrogen and oxygen atoms in total. The van der Waals surface area contributed by atoms with Crippen molar-refractivity contribution in [3.63, 3.8) is 0 Å². The molecule has 4 saturated carbocycles. The third kappa shape index (κ3) is 1.47. The molecule has 0 aromatic rings. The van der Waals surface area contributed by atoms with Crippen LogP contribution in [0.5, 0.6) is 0 Å². The van der Waals surface area contributed by atoms with Crippen molar-refractivity contribution in [1.82, 2.24) is 0 Å².